The molecule has 0 aliphatic rings. The van der Waals surface area contributed by atoms with Crippen LogP contribution in [-0.4, -0.2) is 129 Å². The number of rotatable bonds is 67. The summed E-state index contributed by atoms with van der Waals surface area (Å²) in [6.07, 6.45) is 4.09. The van der Waals surface area contributed by atoms with E-state index in [1.165, 1.54) is 12.8 Å². The summed E-state index contributed by atoms with van der Waals surface area (Å²) in [5.41, 5.74) is 1.62. The molecular weight excluding hydrogens is 1480 g/mol. The Morgan fingerprint density at radius 1 is 0.295 bits per heavy atom. The van der Waals surface area contributed by atoms with Crippen LogP contribution in [0.1, 0.15) is 38.5 Å². The molecule has 0 amide bonds. The first kappa shape index (κ1) is 99.0. The molecule has 0 bridgehead atoms. The molecule has 0 aliphatic carbocycles. The van der Waals surface area contributed by atoms with Crippen molar-refractivity contribution < 1.29 is 253 Å². The largest absolute Gasteiger partial charge is 0.418 e. The summed E-state index contributed by atoms with van der Waals surface area (Å²) in [6.45, 7) is 44.2. The number of ether oxygens (including phenoxy) is 3. The number of hydrogen-bond acceptors (Lipinski definition) is 49. The van der Waals surface area contributed by atoms with Crippen LogP contribution in [-0.2, 0) is 232 Å². The van der Waals surface area contributed by atoms with E-state index in [0.29, 0.717) is 37.1 Å². The van der Waals surface area contributed by atoms with Gasteiger partial charge in [-0.1, -0.05) is 58.9 Å². The topological polar surface area (TPSA) is 530 Å². The highest BCUT2D eigenvalue weighted by Crippen LogP contribution is 2.43. The van der Waals surface area contributed by atoms with Gasteiger partial charge in [-0.05, 0) is 275 Å². The van der Waals surface area contributed by atoms with Gasteiger partial charge in [0.2, 0.25) is 0 Å². The average molecular weight is 1570 g/mol. The van der Waals surface area contributed by atoms with E-state index in [1.807, 2.05) is 0 Å². The summed E-state index contributed by atoms with van der Waals surface area (Å²) in [5, 5.41) is 145. The van der Waals surface area contributed by atoms with Gasteiger partial charge >= 0.3 is 15.2 Å². The molecule has 0 aromatic carbocycles. The molecule has 576 valence electrons. The first-order valence-corrected chi connectivity index (χ1v) is 51.4. The molecule has 95 heavy (non-hydrogen) atoms. The van der Waals surface area contributed by atoms with Crippen LogP contribution in [0.4, 0.5) is 0 Å². The Morgan fingerprint density at radius 3 is 0.663 bits per heavy atom. The summed E-state index contributed by atoms with van der Waals surface area (Å²) in [7, 11) is -15.6. The Hall–Kier alpha value is -0.199. The van der Waals surface area contributed by atoms with E-state index in [9.17, 15) is 18.9 Å². The van der Waals surface area contributed by atoms with Crippen LogP contribution in [0.2, 0.25) is 134 Å². The molecule has 0 aliphatic heterocycles. The van der Waals surface area contributed by atoms with Gasteiger partial charge in [-0.2, -0.15) is 0 Å². The van der Waals surface area contributed by atoms with Gasteiger partial charge in [0.1, 0.15) is 0 Å². The minimum atomic E-state index is -4.36. The van der Waals surface area contributed by atoms with E-state index >= 15 is 0 Å². The van der Waals surface area contributed by atoms with Crippen LogP contribution < -0.4 is 0 Å². The predicted octanol–water partition coefficient (Wildman–Crippen LogP) is 9.39. The van der Waals surface area contributed by atoms with Crippen molar-refractivity contribution in [3.8, 4) is 0 Å². The number of hydrogen-bond donors (Lipinski definition) is 4. The fourth-order valence-corrected chi connectivity index (χ4v) is 14.2. The van der Waals surface area contributed by atoms with E-state index < -0.39 is 77.1 Å². The van der Waals surface area contributed by atoms with Gasteiger partial charge in [-0.25, -0.2) is 10.5 Å². The van der Waals surface area contributed by atoms with Crippen molar-refractivity contribution in [1.82, 2.24) is 0 Å². The lowest BCUT2D eigenvalue weighted by Gasteiger charge is -2.31. The molecule has 0 saturated carbocycles. The summed E-state index contributed by atoms with van der Waals surface area (Å²) in [4.78, 5) is 19.2. The van der Waals surface area contributed by atoms with Crippen molar-refractivity contribution in [2.45, 2.75) is 173 Å². The molecule has 0 rings (SSSR count). The maximum Gasteiger partial charge on any atom is 0.383 e. The third kappa shape index (κ3) is 76.3. The fourth-order valence-electron chi connectivity index (χ4n) is 5.59. The maximum atomic E-state index is 11.8. The molecular formula is C36H92O51P2Si6. The second-order valence-corrected chi connectivity index (χ2v) is 57.5. The van der Waals surface area contributed by atoms with Gasteiger partial charge in [0.15, 0.2) is 37.6 Å². The summed E-state index contributed by atoms with van der Waals surface area (Å²) < 4.78 is 65.4. The second kappa shape index (κ2) is 60.2. The molecule has 4 N–H and O–H groups in total. The smallest absolute Gasteiger partial charge is 0.383 e. The van der Waals surface area contributed by atoms with Crippen LogP contribution in [0, 0.1) is 0 Å². The Balaban J connectivity index is -0.00000146. The highest BCUT2D eigenvalue weighted by atomic mass is 31.2. The normalized spacial score (nSPS) is 15.0. The lowest BCUT2D eigenvalue weighted by Crippen LogP contribution is -2.36. The standard InChI is InChI=1S/C12H31O27PSi2.C12H31O22PSi2.C12H30O2Si2/c1-41(2,3)12(10-17-42(4,5)6)8-7-9-16-11-40(14,15)39-38-37-36-35-34-33-32-31-30-29-28-27-26-25-24-23-22-21-20-19-18-13;1-36(2,3)12(10-17-37(4,5)6)8-7-9-16-11-35(14,15)34-33-32-31-30-29-28-27-26-25-24-23-22-21-20-19-18-13;1-13-10-8-9-12(15(2,3)4)11-14-16(5,6)7/h12-13H,7-11H2,1-6H3,(H,14,15);12-13H,7-11H2,1-6H3,(H,14,15);12H,8-11H2,1-7H3. The van der Waals surface area contributed by atoms with Gasteiger partial charge in [0.05, 0.1) is 0 Å². The predicted molar refractivity (Wildman–Crippen MR) is 298 cm³/mol. The minimum Gasteiger partial charge on any atom is -0.418 e. The summed E-state index contributed by atoms with van der Waals surface area (Å²) in [5.74, 6) is 0. The van der Waals surface area contributed by atoms with Crippen LogP contribution in [0.15, 0.2) is 0 Å². The van der Waals surface area contributed by atoms with Crippen molar-refractivity contribution in [2.24, 2.45) is 0 Å². The molecule has 59 heteroatoms. The van der Waals surface area contributed by atoms with Crippen molar-refractivity contribution in [3.05, 3.63) is 0 Å². The molecule has 0 aromatic heterocycles. The van der Waals surface area contributed by atoms with Gasteiger partial charge < -0.3 is 37.3 Å². The second-order valence-electron chi connectivity index (χ2n) is 23.9. The molecule has 0 spiro atoms. The monoisotopic (exact) mass is 1570 g/mol. The van der Waals surface area contributed by atoms with Crippen LogP contribution in [0.3, 0.4) is 0 Å². The minimum absolute atomic E-state index is 0.208. The summed E-state index contributed by atoms with van der Waals surface area (Å²) in [6, 6.07) is 0. The molecule has 0 saturated heterocycles. The SMILES string of the molecule is COCCCC(CO[Si](C)(C)C)[Si](C)(C)C.C[Si](C)(C)OCC(CCCOCP(=O)(O)OOOOOOOOOOOOOOOOOO)[Si](C)(C)C.C[Si](C)(C)OCC(CCCOCP(=O)(O)OOOOOOOOOOOOOOOOOOOOOOO)[Si](C)(C)C. The van der Waals surface area contributed by atoms with Gasteiger partial charge in [-0.3, -0.25) is 9.13 Å². The third-order valence-electron chi connectivity index (χ3n) is 10.2. The Morgan fingerprint density at radius 2 is 0.484 bits per heavy atom. The fraction of sp³-hybridized carbons (Fsp3) is 1.00. The highest BCUT2D eigenvalue weighted by molar-refractivity contribution is 7.52. The highest BCUT2D eigenvalue weighted by Gasteiger charge is 2.32. The zero-order chi connectivity index (χ0) is 72.5. The quantitative estimate of drug-likeness (QED) is 0.0145. The zero-order valence-electron chi connectivity index (χ0n) is 55.5. The molecule has 5 unspecified atom stereocenters. The van der Waals surface area contributed by atoms with Gasteiger partial charge in [0.25, 0.3) is 0 Å². The molecule has 0 radical (unpaired) electrons. The Bertz CT molecular complexity index is 1790. The molecule has 0 heterocycles. The van der Waals surface area contributed by atoms with Crippen LogP contribution in [0.25, 0.3) is 0 Å². The van der Waals surface area contributed by atoms with E-state index in [2.05, 4.69) is 314 Å². The molecule has 0 fully saturated rings. The molecule has 0 aromatic rings. The Kier molecular flexibility index (Phi) is 62.8. The van der Waals surface area contributed by atoms with E-state index in [-0.39, 0.29) is 13.2 Å². The van der Waals surface area contributed by atoms with Gasteiger partial charge in [-0.15, -0.1) is 9.35 Å². The number of methoxy groups -OCH3 is 1. The van der Waals surface area contributed by atoms with Crippen molar-refractivity contribution >= 4 is 64.4 Å². The van der Waals surface area contributed by atoms with Crippen LogP contribution in [0.5, 0.6) is 0 Å². The Labute approximate surface area is 548 Å². The van der Waals surface area contributed by atoms with Crippen molar-refractivity contribution in [1.29, 1.82) is 0 Å². The lowest BCUT2D eigenvalue weighted by molar-refractivity contribution is -0.898. The van der Waals surface area contributed by atoms with Crippen LogP contribution >= 0.6 is 15.2 Å². The average Bonchev–Trinajstić information content (AvgIpc) is 1.15. The summed E-state index contributed by atoms with van der Waals surface area (Å²) >= 11 is 0. The molecule has 5 atom stereocenters. The van der Waals surface area contributed by atoms with Crippen molar-refractivity contribution in [3.63, 3.8) is 0 Å². The zero-order valence-corrected chi connectivity index (χ0v) is 63.3. The van der Waals surface area contributed by atoms with E-state index in [1.54, 1.807) is 7.11 Å². The first-order chi connectivity index (χ1) is 44.4. The maximum absolute atomic E-state index is 11.8. The first-order valence-electron chi connectivity index (χ1n) is 26.9. The third-order valence-corrected chi connectivity index (χ3v) is 23.6. The van der Waals surface area contributed by atoms with Gasteiger partial charge in [0, 0.05) is 96.2 Å². The van der Waals surface area contributed by atoms with E-state index in [0.717, 1.165) is 31.6 Å². The van der Waals surface area contributed by atoms with E-state index in [4.69, 9.17) is 38.0 Å². The lowest BCUT2D eigenvalue weighted by atomic mass is 10.2. The van der Waals surface area contributed by atoms with Crippen molar-refractivity contribution in [2.75, 3.05) is 59.4 Å². The molecule has 51 nitrogen and oxygen atoms in total.